The molecule has 0 bridgehead atoms. The van der Waals surface area contributed by atoms with E-state index in [2.05, 4.69) is 54.3 Å². The second-order valence-electron chi connectivity index (χ2n) is 10.6. The van der Waals surface area contributed by atoms with Crippen molar-refractivity contribution in [3.05, 3.63) is 63.9 Å². The van der Waals surface area contributed by atoms with E-state index in [1.54, 1.807) is 23.1 Å². The molecule has 0 saturated heterocycles. The number of aryl methyl sites for hydroxylation is 2. The Bertz CT molecular complexity index is 1460. The highest BCUT2D eigenvalue weighted by Crippen LogP contribution is 2.33. The van der Waals surface area contributed by atoms with Crippen LogP contribution in [0.15, 0.2) is 52.1 Å². The topological polar surface area (TPSA) is 84.1 Å². The molecule has 224 valence electrons. The Labute approximate surface area is 254 Å². The van der Waals surface area contributed by atoms with E-state index in [4.69, 9.17) is 14.7 Å². The second-order valence-corrected chi connectivity index (χ2v) is 11.7. The van der Waals surface area contributed by atoms with Crippen LogP contribution < -0.4 is 15.0 Å². The first-order chi connectivity index (χ1) is 20.4. The Balaban J connectivity index is 1.64. The predicted molar refractivity (Wildman–Crippen MR) is 177 cm³/mol. The maximum atomic E-state index is 12.8. The highest BCUT2D eigenvalue weighted by molar-refractivity contribution is 7.17. The van der Waals surface area contributed by atoms with Gasteiger partial charge >= 0.3 is 0 Å². The lowest BCUT2D eigenvalue weighted by molar-refractivity contribution is -0.116. The molecule has 3 heterocycles. The molecular weight excluding hydrogens is 544 g/mol. The van der Waals surface area contributed by atoms with Crippen LogP contribution in [0.3, 0.4) is 0 Å². The Morgan fingerprint density at radius 2 is 1.76 bits per heavy atom. The lowest BCUT2D eigenvalue weighted by atomic mass is 10.0. The van der Waals surface area contributed by atoms with Gasteiger partial charge in [-0.25, -0.2) is 14.7 Å². The van der Waals surface area contributed by atoms with Gasteiger partial charge in [0.1, 0.15) is 11.5 Å². The van der Waals surface area contributed by atoms with Gasteiger partial charge in [0.15, 0.2) is 0 Å². The summed E-state index contributed by atoms with van der Waals surface area (Å²) >= 11 is 1.73. The number of nitrogens with one attached hydrogen (secondary N) is 1. The number of anilines is 2. The lowest BCUT2D eigenvalue weighted by Crippen LogP contribution is -2.20. The standard InChI is InChI=1S/C33H44N6O2S/c1-7-10-11-12-13-14-15-30(40)34-25-16-18-29(41-6)27(21-25)32-28(22-26-17-19-31(42-26)38(8-2)9-3)35-33(36-32)39-24(5)20-23(4)37-39/h16-22H,7-15H2,1-6H3,(H,34,40)/b28-22-. The number of unbranched alkanes of at least 4 members (excludes halogenated alkanes) is 5. The Kier molecular flexibility index (Phi) is 11.1. The number of carbonyl (C=O) groups excluding carboxylic acids is 1. The average Bonchev–Trinajstić information content (AvgIpc) is 3.70. The number of carbonyl (C=O) groups is 1. The summed E-state index contributed by atoms with van der Waals surface area (Å²) in [7, 11) is 1.65. The quantitative estimate of drug-likeness (QED) is 0.194. The summed E-state index contributed by atoms with van der Waals surface area (Å²) in [4.78, 5) is 26.1. The number of benzene rings is 1. The van der Waals surface area contributed by atoms with Crippen LogP contribution in [0.1, 0.15) is 87.5 Å². The summed E-state index contributed by atoms with van der Waals surface area (Å²) in [6, 6.07) is 12.0. The molecule has 2 aromatic heterocycles. The number of nitrogens with zero attached hydrogens (tertiary/aromatic N) is 5. The van der Waals surface area contributed by atoms with E-state index in [1.807, 2.05) is 38.1 Å². The molecular formula is C33H44N6O2S. The zero-order chi connectivity index (χ0) is 30.1. The molecule has 1 N–H and O–H groups in total. The van der Waals surface area contributed by atoms with Gasteiger partial charge in [-0.15, -0.1) is 11.3 Å². The van der Waals surface area contributed by atoms with Gasteiger partial charge in [0.05, 0.1) is 23.5 Å². The summed E-state index contributed by atoms with van der Waals surface area (Å²) in [6.07, 6.45) is 9.46. The van der Waals surface area contributed by atoms with Crippen molar-refractivity contribution in [1.29, 1.82) is 0 Å². The molecule has 42 heavy (non-hydrogen) atoms. The van der Waals surface area contributed by atoms with Gasteiger partial charge in [-0.1, -0.05) is 39.0 Å². The Hall–Kier alpha value is -3.72. The molecule has 4 rings (SSSR count). The van der Waals surface area contributed by atoms with Crippen molar-refractivity contribution in [2.75, 3.05) is 30.4 Å². The first-order valence-corrected chi connectivity index (χ1v) is 15.9. The van der Waals surface area contributed by atoms with Gasteiger partial charge in [0, 0.05) is 41.3 Å². The van der Waals surface area contributed by atoms with Crippen molar-refractivity contribution in [1.82, 2.24) is 9.78 Å². The minimum Gasteiger partial charge on any atom is -0.496 e. The number of thiophene rings is 1. The predicted octanol–water partition coefficient (Wildman–Crippen LogP) is 7.85. The van der Waals surface area contributed by atoms with Crippen LogP contribution in [0.5, 0.6) is 5.75 Å². The van der Waals surface area contributed by atoms with Crippen molar-refractivity contribution < 1.29 is 9.53 Å². The van der Waals surface area contributed by atoms with Crippen LogP contribution in [0.25, 0.3) is 6.08 Å². The van der Waals surface area contributed by atoms with Crippen molar-refractivity contribution in [3.8, 4) is 5.75 Å². The van der Waals surface area contributed by atoms with Gasteiger partial charge in [-0.3, -0.25) is 4.79 Å². The van der Waals surface area contributed by atoms with E-state index < -0.39 is 0 Å². The minimum absolute atomic E-state index is 0.0211. The molecule has 0 aliphatic carbocycles. The Morgan fingerprint density at radius 1 is 1.00 bits per heavy atom. The molecule has 1 aliphatic heterocycles. The summed E-state index contributed by atoms with van der Waals surface area (Å²) in [5.41, 5.74) is 4.74. The van der Waals surface area contributed by atoms with Crippen LogP contribution in [-0.2, 0) is 4.79 Å². The molecule has 0 saturated carbocycles. The van der Waals surface area contributed by atoms with Gasteiger partial charge in [-0.05, 0) is 76.6 Å². The number of hydrogen-bond acceptors (Lipinski definition) is 7. The molecule has 1 amide bonds. The smallest absolute Gasteiger partial charge is 0.252 e. The number of methoxy groups -OCH3 is 1. The van der Waals surface area contributed by atoms with Crippen LogP contribution in [0.2, 0.25) is 0 Å². The molecule has 8 nitrogen and oxygen atoms in total. The van der Waals surface area contributed by atoms with Gasteiger partial charge in [0.2, 0.25) is 5.91 Å². The molecule has 9 heteroatoms. The number of rotatable bonds is 14. The van der Waals surface area contributed by atoms with E-state index in [-0.39, 0.29) is 5.91 Å². The maximum Gasteiger partial charge on any atom is 0.252 e. The number of amides is 1. The molecule has 3 aromatic rings. The van der Waals surface area contributed by atoms with Crippen LogP contribution in [0.4, 0.5) is 10.7 Å². The molecule has 1 aliphatic rings. The third-order valence-corrected chi connectivity index (χ3v) is 8.43. The summed E-state index contributed by atoms with van der Waals surface area (Å²) in [5, 5.41) is 8.92. The monoisotopic (exact) mass is 588 g/mol. The summed E-state index contributed by atoms with van der Waals surface area (Å²) in [6.45, 7) is 12.4. The van der Waals surface area contributed by atoms with Gasteiger partial charge in [0.25, 0.3) is 5.96 Å². The fraction of sp³-hybridized carbons (Fsp3) is 0.455. The van der Waals surface area contributed by atoms with E-state index in [1.165, 1.54) is 30.7 Å². The number of allylic oxidation sites excluding steroid dienone is 1. The van der Waals surface area contributed by atoms with Crippen molar-refractivity contribution in [3.63, 3.8) is 0 Å². The van der Waals surface area contributed by atoms with E-state index >= 15 is 0 Å². The minimum atomic E-state index is 0.0211. The third kappa shape index (κ3) is 7.76. The summed E-state index contributed by atoms with van der Waals surface area (Å²) in [5.74, 6) is 1.18. The van der Waals surface area contributed by atoms with E-state index in [0.29, 0.717) is 29.5 Å². The van der Waals surface area contributed by atoms with Gasteiger partial charge < -0.3 is 15.0 Å². The molecule has 0 unspecified atom stereocenters. The fourth-order valence-electron chi connectivity index (χ4n) is 5.09. The van der Waals surface area contributed by atoms with Crippen LogP contribution in [0, 0.1) is 13.8 Å². The van der Waals surface area contributed by atoms with Crippen molar-refractivity contribution in [2.45, 2.75) is 79.6 Å². The lowest BCUT2D eigenvalue weighted by Gasteiger charge is -2.17. The van der Waals surface area contributed by atoms with E-state index in [9.17, 15) is 4.79 Å². The van der Waals surface area contributed by atoms with Crippen LogP contribution in [-0.4, -0.2) is 47.6 Å². The largest absolute Gasteiger partial charge is 0.496 e. The number of aliphatic imine (C=N–C) groups is 2. The first kappa shape index (κ1) is 31.2. The van der Waals surface area contributed by atoms with E-state index in [0.717, 1.165) is 53.5 Å². The van der Waals surface area contributed by atoms with Crippen molar-refractivity contribution in [2.24, 2.45) is 9.98 Å². The van der Waals surface area contributed by atoms with Crippen LogP contribution >= 0.6 is 11.3 Å². The van der Waals surface area contributed by atoms with Gasteiger partial charge in [-0.2, -0.15) is 5.10 Å². The summed E-state index contributed by atoms with van der Waals surface area (Å²) < 4.78 is 7.53. The maximum absolute atomic E-state index is 12.8. The molecule has 0 spiro atoms. The number of aromatic nitrogens is 2. The second kappa shape index (κ2) is 15.0. The normalized spacial score (nSPS) is 13.8. The highest BCUT2D eigenvalue weighted by Gasteiger charge is 2.25. The number of ether oxygens (including phenoxy) is 1. The highest BCUT2D eigenvalue weighted by atomic mass is 32.1. The third-order valence-electron chi connectivity index (χ3n) is 7.34. The molecule has 0 fully saturated rings. The zero-order valence-electron chi connectivity index (χ0n) is 25.9. The molecule has 0 atom stereocenters. The number of hydrogen-bond donors (Lipinski definition) is 1. The SMILES string of the molecule is CCCCCCCCC(=O)Nc1ccc(OC)c(C2=NC(n3nc(C)cc3C)=N/C2=C\c2ccc(N(CC)CC)s2)c1. The van der Waals surface area contributed by atoms with Crippen molar-refractivity contribution >= 4 is 45.7 Å². The fourth-order valence-corrected chi connectivity index (χ4v) is 6.16. The average molecular weight is 589 g/mol. The first-order valence-electron chi connectivity index (χ1n) is 15.1. The zero-order valence-corrected chi connectivity index (χ0v) is 26.7. The Morgan fingerprint density at radius 3 is 2.45 bits per heavy atom. The molecule has 1 aromatic carbocycles. The molecule has 0 radical (unpaired) electrons.